The van der Waals surface area contributed by atoms with Crippen LogP contribution in [0, 0.1) is 19.8 Å². The monoisotopic (exact) mass is 408 g/mol. The van der Waals surface area contributed by atoms with E-state index in [-0.39, 0.29) is 18.2 Å². The first-order valence-corrected chi connectivity index (χ1v) is 10.4. The number of aromatic nitrogens is 3. The Morgan fingerprint density at radius 1 is 1.17 bits per heavy atom. The summed E-state index contributed by atoms with van der Waals surface area (Å²) in [6, 6.07) is 9.73. The minimum Gasteiger partial charge on any atom is -0.484 e. The Kier molecular flexibility index (Phi) is 5.61. The average molecular weight is 409 g/mol. The molecular formula is C23H28N4O3. The molecule has 158 valence electrons. The van der Waals surface area contributed by atoms with Crippen LogP contribution in [-0.2, 0) is 18.4 Å². The SMILES string of the molecule is Cc1cc(C)cc(OCC(=O)N2CCC(Cn3c(=O)n(C)c4cccnc43)CC2)c1. The van der Waals surface area contributed by atoms with Crippen molar-refractivity contribution in [2.75, 3.05) is 19.7 Å². The van der Waals surface area contributed by atoms with Gasteiger partial charge in [-0.3, -0.25) is 13.9 Å². The highest BCUT2D eigenvalue weighted by Gasteiger charge is 2.25. The van der Waals surface area contributed by atoms with E-state index in [1.165, 1.54) is 0 Å². The second kappa shape index (κ2) is 8.34. The zero-order valence-electron chi connectivity index (χ0n) is 17.8. The van der Waals surface area contributed by atoms with Crippen LogP contribution >= 0.6 is 0 Å². The molecule has 3 aromatic rings. The molecule has 0 spiro atoms. The normalized spacial score (nSPS) is 15.0. The number of amides is 1. The van der Waals surface area contributed by atoms with Gasteiger partial charge in [-0.25, -0.2) is 9.78 Å². The number of hydrogen-bond donors (Lipinski definition) is 0. The molecule has 0 bridgehead atoms. The summed E-state index contributed by atoms with van der Waals surface area (Å²) in [5.74, 6) is 1.09. The van der Waals surface area contributed by atoms with E-state index in [9.17, 15) is 9.59 Å². The van der Waals surface area contributed by atoms with Gasteiger partial charge in [0.25, 0.3) is 5.91 Å². The lowest BCUT2D eigenvalue weighted by molar-refractivity contribution is -0.134. The van der Waals surface area contributed by atoms with Gasteiger partial charge in [0.1, 0.15) is 5.75 Å². The number of carbonyl (C=O) groups is 1. The van der Waals surface area contributed by atoms with Crippen LogP contribution in [0.25, 0.3) is 11.2 Å². The predicted molar refractivity (Wildman–Crippen MR) is 116 cm³/mol. The first kappa shape index (κ1) is 20.2. The summed E-state index contributed by atoms with van der Waals surface area (Å²) >= 11 is 0. The molecule has 0 aliphatic carbocycles. The van der Waals surface area contributed by atoms with Gasteiger partial charge in [0.2, 0.25) is 0 Å². The Morgan fingerprint density at radius 3 is 2.57 bits per heavy atom. The van der Waals surface area contributed by atoms with Crippen molar-refractivity contribution in [3.63, 3.8) is 0 Å². The zero-order chi connectivity index (χ0) is 21.3. The molecule has 2 aromatic heterocycles. The van der Waals surface area contributed by atoms with Crippen molar-refractivity contribution < 1.29 is 9.53 Å². The van der Waals surface area contributed by atoms with E-state index in [1.807, 2.05) is 43.0 Å². The zero-order valence-corrected chi connectivity index (χ0v) is 17.8. The second-order valence-electron chi connectivity index (χ2n) is 8.23. The molecule has 30 heavy (non-hydrogen) atoms. The van der Waals surface area contributed by atoms with Gasteiger partial charge in [-0.1, -0.05) is 6.07 Å². The van der Waals surface area contributed by atoms with Crippen molar-refractivity contribution in [1.82, 2.24) is 19.0 Å². The molecule has 3 heterocycles. The Labute approximate surface area is 175 Å². The first-order chi connectivity index (χ1) is 14.4. The number of pyridine rings is 1. The van der Waals surface area contributed by atoms with E-state index in [0.29, 0.717) is 25.6 Å². The number of piperidine rings is 1. The molecule has 1 aromatic carbocycles. The van der Waals surface area contributed by atoms with Crippen LogP contribution < -0.4 is 10.4 Å². The highest BCUT2D eigenvalue weighted by Crippen LogP contribution is 2.21. The smallest absolute Gasteiger partial charge is 0.330 e. The van der Waals surface area contributed by atoms with Crippen molar-refractivity contribution in [2.45, 2.75) is 33.2 Å². The molecule has 1 fully saturated rings. The summed E-state index contributed by atoms with van der Waals surface area (Å²) in [6.07, 6.45) is 3.45. The number of benzene rings is 1. The molecule has 1 saturated heterocycles. The van der Waals surface area contributed by atoms with E-state index in [0.717, 1.165) is 40.9 Å². The van der Waals surface area contributed by atoms with Gasteiger partial charge in [0, 0.05) is 32.9 Å². The molecule has 0 unspecified atom stereocenters. The summed E-state index contributed by atoms with van der Waals surface area (Å²) in [7, 11) is 1.78. The van der Waals surface area contributed by atoms with Crippen LogP contribution in [0.15, 0.2) is 41.3 Å². The molecule has 1 aliphatic rings. The fraction of sp³-hybridized carbons (Fsp3) is 0.435. The number of carbonyl (C=O) groups excluding carboxylic acids is 1. The van der Waals surface area contributed by atoms with Crippen LogP contribution in [-0.4, -0.2) is 44.6 Å². The van der Waals surface area contributed by atoms with Gasteiger partial charge in [0.15, 0.2) is 12.3 Å². The highest BCUT2D eigenvalue weighted by molar-refractivity contribution is 5.77. The minimum atomic E-state index is -0.0379. The Hall–Kier alpha value is -3.09. The van der Waals surface area contributed by atoms with Crippen molar-refractivity contribution in [2.24, 2.45) is 13.0 Å². The highest BCUT2D eigenvalue weighted by atomic mass is 16.5. The third-order valence-corrected chi connectivity index (χ3v) is 5.87. The lowest BCUT2D eigenvalue weighted by atomic mass is 9.96. The predicted octanol–water partition coefficient (Wildman–Crippen LogP) is 2.67. The van der Waals surface area contributed by atoms with Crippen molar-refractivity contribution in [1.29, 1.82) is 0 Å². The van der Waals surface area contributed by atoms with Crippen LogP contribution in [0.5, 0.6) is 5.75 Å². The van der Waals surface area contributed by atoms with Crippen molar-refractivity contribution in [3.8, 4) is 5.75 Å². The maximum atomic E-state index is 12.6. The molecule has 1 amide bonds. The number of aryl methyl sites for hydroxylation is 3. The summed E-state index contributed by atoms with van der Waals surface area (Å²) < 4.78 is 9.13. The maximum absolute atomic E-state index is 12.6. The Morgan fingerprint density at radius 2 is 1.87 bits per heavy atom. The van der Waals surface area contributed by atoms with E-state index in [1.54, 1.807) is 22.4 Å². The molecule has 7 heteroatoms. The summed E-state index contributed by atoms with van der Waals surface area (Å²) in [5.41, 5.74) is 3.78. The van der Waals surface area contributed by atoms with Gasteiger partial charge >= 0.3 is 5.69 Å². The topological polar surface area (TPSA) is 69.4 Å². The lowest BCUT2D eigenvalue weighted by Gasteiger charge is -2.32. The molecule has 4 rings (SSSR count). The fourth-order valence-corrected chi connectivity index (χ4v) is 4.27. The summed E-state index contributed by atoms with van der Waals surface area (Å²) in [6.45, 7) is 6.10. The minimum absolute atomic E-state index is 0.0107. The van der Waals surface area contributed by atoms with Crippen LogP contribution in [0.1, 0.15) is 24.0 Å². The molecule has 0 N–H and O–H groups in total. The third-order valence-electron chi connectivity index (χ3n) is 5.87. The number of hydrogen-bond acceptors (Lipinski definition) is 4. The van der Waals surface area contributed by atoms with Crippen LogP contribution in [0.4, 0.5) is 0 Å². The quantitative estimate of drug-likeness (QED) is 0.651. The fourth-order valence-electron chi connectivity index (χ4n) is 4.27. The lowest BCUT2D eigenvalue weighted by Crippen LogP contribution is -2.42. The number of ether oxygens (including phenoxy) is 1. The largest absolute Gasteiger partial charge is 0.484 e. The third kappa shape index (κ3) is 4.10. The van der Waals surface area contributed by atoms with Crippen LogP contribution in [0.3, 0.4) is 0 Å². The average Bonchev–Trinajstić information content (AvgIpc) is 2.97. The van der Waals surface area contributed by atoms with Crippen molar-refractivity contribution >= 4 is 17.1 Å². The molecule has 1 aliphatic heterocycles. The van der Waals surface area contributed by atoms with Crippen LogP contribution in [0.2, 0.25) is 0 Å². The molecule has 7 nitrogen and oxygen atoms in total. The van der Waals surface area contributed by atoms with E-state index in [4.69, 9.17) is 4.74 Å². The summed E-state index contributed by atoms with van der Waals surface area (Å²) in [4.78, 5) is 31.4. The van der Waals surface area contributed by atoms with Gasteiger partial charge in [-0.2, -0.15) is 0 Å². The number of rotatable bonds is 5. The Balaban J connectivity index is 1.33. The van der Waals surface area contributed by atoms with Crippen molar-refractivity contribution in [3.05, 3.63) is 58.1 Å². The van der Waals surface area contributed by atoms with E-state index >= 15 is 0 Å². The number of fused-ring (bicyclic) bond motifs is 1. The number of nitrogens with zero attached hydrogens (tertiary/aromatic N) is 4. The van der Waals surface area contributed by atoms with Gasteiger partial charge in [-0.05, 0) is 68.0 Å². The van der Waals surface area contributed by atoms with E-state index in [2.05, 4.69) is 11.1 Å². The van der Waals surface area contributed by atoms with Gasteiger partial charge in [-0.15, -0.1) is 0 Å². The summed E-state index contributed by atoms with van der Waals surface area (Å²) in [5, 5.41) is 0. The number of imidazole rings is 1. The van der Waals surface area contributed by atoms with Gasteiger partial charge < -0.3 is 9.64 Å². The molecule has 0 radical (unpaired) electrons. The molecule has 0 atom stereocenters. The Bertz CT molecular complexity index is 1100. The maximum Gasteiger partial charge on any atom is 0.330 e. The first-order valence-electron chi connectivity index (χ1n) is 10.4. The second-order valence-corrected chi connectivity index (χ2v) is 8.23. The van der Waals surface area contributed by atoms with E-state index < -0.39 is 0 Å². The standard InChI is InChI=1S/C23H28N4O3/c1-16-11-17(2)13-19(12-16)30-15-21(28)26-9-6-18(7-10-26)14-27-22-20(5-4-8-24-22)25(3)23(27)29/h4-5,8,11-13,18H,6-7,9-10,14-15H2,1-3H3. The molecule has 0 saturated carbocycles. The van der Waals surface area contributed by atoms with Gasteiger partial charge in [0.05, 0.1) is 5.52 Å². The number of likely N-dealkylation sites (tertiary alicyclic amines) is 1. The molecular weight excluding hydrogens is 380 g/mol.